The van der Waals surface area contributed by atoms with Crippen molar-refractivity contribution < 1.29 is 105 Å². The number of Topliss-reactive ketones (excluding diaryl/α,β-unsaturated/α-hetero) is 2. The van der Waals surface area contributed by atoms with Gasteiger partial charge in [0.15, 0.2) is 36.7 Å². The molecule has 2 aromatic carbocycles. The highest BCUT2D eigenvalue weighted by Gasteiger charge is 2.70. The largest absolute Gasteiger partial charge is 0.489 e. The van der Waals surface area contributed by atoms with E-state index in [1.807, 2.05) is 46.2 Å². The third-order valence-electron chi connectivity index (χ3n) is 32.5. The SMILES string of the molecule is C.CC[C@H]1CCC[C@H](O[C@H]2CC[C@H](N(C)C)C(C)O2)[C@@H](C)C(=O)C2=C[C@H]3[C@@H]4C[C@H](O[C@@H]5OC(C)[C@H](OC)C(OC)[C@@H]5OC)C[C@H]4[C@@H]4N[C@@H]4[C@H]3[C@@H]2CC(=O)O1.CC[C@H]1CCC[C@H](O[C@H]2CC[C@H](N(C)C)C(C)O2)[C@@H](C)C(=O)C2=C[C@H]3[C@@H]4C[C@H](O[C@@H]5OC(C)[C@H](OC)C(OC)[C@@H]5OC)C[C@H]4[C@H]4[C@@H]([C@H]3[C@@H]2CC(=O)O1)N4c1cccc2cnccc12.OB(O)c1cccc2cnccc12. The molecule has 0 spiro atoms. The summed E-state index contributed by atoms with van der Waals surface area (Å²) in [4.78, 5) is 73.3. The van der Waals surface area contributed by atoms with Gasteiger partial charge in [-0.15, -0.1) is 0 Å². The number of anilines is 1. The van der Waals surface area contributed by atoms with E-state index in [0.717, 1.165) is 123 Å². The first-order valence-corrected chi connectivity index (χ1v) is 48.4. The van der Waals surface area contributed by atoms with E-state index in [4.69, 9.17) is 85.8 Å². The summed E-state index contributed by atoms with van der Waals surface area (Å²) in [7, 11) is 17.0. The maximum absolute atomic E-state index is 15.3. The zero-order valence-electron chi connectivity index (χ0n) is 79.1. The second kappa shape index (κ2) is 42.8. The highest BCUT2D eigenvalue weighted by Crippen LogP contribution is 2.66. The molecule has 38 atom stereocenters. The Kier molecular flexibility index (Phi) is 32.5. The number of nitrogens with one attached hydrogen (secondary N) is 1. The van der Waals surface area contributed by atoms with E-state index in [2.05, 4.69) is 122 Å². The summed E-state index contributed by atoms with van der Waals surface area (Å²) < 4.78 is 101. The van der Waals surface area contributed by atoms with Crippen molar-refractivity contribution in [3.8, 4) is 0 Å². The number of carbonyl (C=O) groups is 4. The Hall–Kier alpha value is -5.88. The molecule has 0 amide bonds. The fourth-order valence-electron chi connectivity index (χ4n) is 26.1. The van der Waals surface area contributed by atoms with E-state index in [1.165, 1.54) is 5.69 Å². The zero-order valence-corrected chi connectivity index (χ0v) is 79.1. The lowest BCUT2D eigenvalue weighted by Crippen LogP contribution is -2.59. The third kappa shape index (κ3) is 20.2. The van der Waals surface area contributed by atoms with Crippen molar-refractivity contribution >= 4 is 63.3 Å². The number of aromatic nitrogens is 2. The molecule has 14 aliphatic rings. The number of carbonyl (C=O) groups excluding carboxylic acids is 4. The third-order valence-corrected chi connectivity index (χ3v) is 32.5. The molecule has 130 heavy (non-hydrogen) atoms. The Morgan fingerprint density at radius 3 is 1.40 bits per heavy atom. The van der Waals surface area contributed by atoms with Gasteiger partial charge in [-0.1, -0.05) is 77.6 Å². The van der Waals surface area contributed by atoms with Gasteiger partial charge in [-0.2, -0.15) is 0 Å². The lowest BCUT2D eigenvalue weighted by molar-refractivity contribution is -0.314. The predicted molar refractivity (Wildman–Crippen MR) is 491 cm³/mol. The fourth-order valence-corrected chi connectivity index (χ4v) is 26.1. The molecule has 0 bridgehead atoms. The van der Waals surface area contributed by atoms with E-state index in [1.54, 1.807) is 73.3 Å². The summed E-state index contributed by atoms with van der Waals surface area (Å²) in [5.74, 6) is 0.229. The van der Waals surface area contributed by atoms with Crippen molar-refractivity contribution in [2.45, 2.75) is 337 Å². The smallest absolute Gasteiger partial charge is 0.462 e. The molecule has 0 radical (unpaired) electrons. The minimum atomic E-state index is -1.42. The second-order valence-electron chi connectivity index (χ2n) is 40.0. The van der Waals surface area contributed by atoms with Crippen LogP contribution in [-0.2, 0) is 95.0 Å². The Labute approximate surface area is 770 Å². The van der Waals surface area contributed by atoms with E-state index in [-0.39, 0.29) is 207 Å². The van der Waals surface area contributed by atoms with Crippen LogP contribution in [0.3, 0.4) is 0 Å². The number of ketones is 2. The number of hydrogen-bond donors (Lipinski definition) is 3. The van der Waals surface area contributed by atoms with Gasteiger partial charge in [0.05, 0.1) is 73.8 Å². The van der Waals surface area contributed by atoms with E-state index in [9.17, 15) is 14.4 Å². The standard InChI is InChI=1S/C50H71N3O10.C41H66N2O10.C9H8BNO2.CH4/c1-10-30-14-12-16-40(63-42-18-17-38(52(5)6)27(3)59-42)26(2)46(55)37-23-34-33-21-31(62-50-49(58-9)48(57-8)47(56-7)28(4)60-50)22-36(33)44-45(43(34)35(37)24-41(54)61-30)53(44)39-15-11-13-29-25-51-20-19-32(29)39;1-10-23-12-11-13-31(53-33-15-14-30(43(5)6)21(3)49-33)20(2)37(45)29-18-26-25-16-24(52-41-40(48-9)39(47-8)38(46-7)22(4)50-41)17-28(25)35-36(42-35)34(26)27(29)19-32(44)51-23;12-10(13)9-3-1-2-7-6-11-5-4-8(7)9;/h11,13,15,19-20,23,25-28,30-31,33-36,38,40,42-45,47-50H,10,12,14,16-18,21-22,24H2,1-9H3;18,20-28,30-31,33-36,38-42H,10-17,19H2,1-9H3;1-6,12-13H;1H4/t26-,27?,28?,30+,31+,33+,34+,35-,36-,38+,40+,42+,43-,44+,45-,47+,48?,49+,50+,53?;20-,21?,22?,23+,24+,25+,26+,27-,28-,30+,31+,33+,34-,35+,36-,38+,39?,40+,41+;;/m11../s1. The second-order valence-corrected chi connectivity index (χ2v) is 40.0. The number of hydrogen-bond acceptors (Lipinski definition) is 28. The van der Waals surface area contributed by atoms with Crippen molar-refractivity contribution in [1.29, 1.82) is 0 Å². The van der Waals surface area contributed by atoms with Gasteiger partial charge < -0.3 is 106 Å². The van der Waals surface area contributed by atoms with Gasteiger partial charge in [0, 0.05) is 132 Å². The van der Waals surface area contributed by atoms with Crippen LogP contribution in [0.15, 0.2) is 96.6 Å². The molecule has 12 fully saturated rings. The topological polar surface area (TPSA) is 314 Å². The summed E-state index contributed by atoms with van der Waals surface area (Å²) in [6, 6.07) is 17.3. The summed E-state index contributed by atoms with van der Waals surface area (Å²) in [5.41, 5.74) is 3.26. The van der Waals surface area contributed by atoms with E-state index >= 15 is 4.79 Å². The van der Waals surface area contributed by atoms with Gasteiger partial charge in [0.1, 0.15) is 48.8 Å². The Morgan fingerprint density at radius 2 is 0.931 bits per heavy atom. The van der Waals surface area contributed by atoms with Gasteiger partial charge >= 0.3 is 19.1 Å². The van der Waals surface area contributed by atoms with Crippen LogP contribution in [0, 0.1) is 71.0 Å². The number of nitrogens with zero attached hydrogens (tertiary/aromatic N) is 5. The van der Waals surface area contributed by atoms with Crippen molar-refractivity contribution in [2.24, 2.45) is 71.0 Å². The summed E-state index contributed by atoms with van der Waals surface area (Å²) in [6.45, 7) is 16.4. The Bertz CT molecular complexity index is 4540. The van der Waals surface area contributed by atoms with Crippen LogP contribution in [0.4, 0.5) is 5.69 Å². The average Bonchev–Trinajstić information content (AvgIpc) is 1.51. The molecule has 28 nitrogen and oxygen atoms in total. The van der Waals surface area contributed by atoms with Crippen LogP contribution in [0.2, 0.25) is 0 Å². The first-order valence-electron chi connectivity index (χ1n) is 48.4. The lowest BCUT2D eigenvalue weighted by Gasteiger charge is -2.44. The molecule has 2 aromatic heterocycles. The number of benzene rings is 2. The van der Waals surface area contributed by atoms with Crippen LogP contribution in [0.1, 0.15) is 178 Å². The van der Waals surface area contributed by atoms with Crippen LogP contribution < -0.4 is 15.7 Å². The average molecular weight is 1810 g/mol. The molecule has 29 heteroatoms. The summed E-state index contributed by atoms with van der Waals surface area (Å²) in [6.07, 6.45) is 19.4. The van der Waals surface area contributed by atoms with Crippen LogP contribution in [0.25, 0.3) is 21.5 Å². The fraction of sp³-hybridized carbons (Fsp3) is 0.743. The van der Waals surface area contributed by atoms with Gasteiger partial charge in [0.25, 0.3) is 0 Å². The molecule has 4 aromatic rings. The van der Waals surface area contributed by atoms with Crippen molar-refractivity contribution in [3.63, 3.8) is 0 Å². The number of methoxy groups -OCH3 is 6. The zero-order chi connectivity index (χ0) is 91.2. The molecule has 8 saturated heterocycles. The number of allylic oxidation sites excluding steroid dienone is 4. The van der Waals surface area contributed by atoms with Gasteiger partial charge in [-0.05, 0) is 252 Å². The lowest BCUT2D eigenvalue weighted by atomic mass is 9.66. The quantitative estimate of drug-likeness (QED) is 0.0420. The van der Waals surface area contributed by atoms with Crippen LogP contribution in [0.5, 0.6) is 0 Å². The molecule has 718 valence electrons. The molecular weight excluding hydrogens is 1660 g/mol. The van der Waals surface area contributed by atoms with Gasteiger partial charge in [-0.25, -0.2) is 0 Å². The summed E-state index contributed by atoms with van der Waals surface area (Å²) in [5, 5.41) is 25.9. The maximum atomic E-state index is 15.3. The molecule has 18 rings (SSSR count). The molecular formula is C101H149BN6O22. The summed E-state index contributed by atoms with van der Waals surface area (Å²) >= 11 is 0. The Morgan fingerprint density at radius 1 is 0.485 bits per heavy atom. The molecule has 8 aliphatic heterocycles. The number of esters is 2. The monoisotopic (exact) mass is 1810 g/mol. The van der Waals surface area contributed by atoms with Gasteiger partial charge in [-0.3, -0.25) is 29.1 Å². The normalized spacial score (nSPS) is 41.8. The number of rotatable bonds is 20. The maximum Gasteiger partial charge on any atom is 0.489 e. The van der Waals surface area contributed by atoms with Crippen molar-refractivity contribution in [2.75, 3.05) is 75.7 Å². The van der Waals surface area contributed by atoms with Crippen LogP contribution in [-0.4, -0.2) is 290 Å². The van der Waals surface area contributed by atoms with Crippen molar-refractivity contribution in [1.82, 2.24) is 25.1 Å². The molecule has 6 unspecified atom stereocenters. The Balaban J connectivity index is 0.000000175. The number of likely N-dealkylation sites (N-methyl/N-ethyl adjacent to an activating group) is 2. The van der Waals surface area contributed by atoms with E-state index < -0.39 is 37.8 Å². The number of ether oxygens (including phenoxy) is 16. The predicted octanol–water partition coefficient (Wildman–Crippen LogP) is 11.6. The van der Waals surface area contributed by atoms with E-state index in [0.29, 0.717) is 54.2 Å². The first kappa shape index (κ1) is 98.6. The molecule has 4 saturated carbocycles. The highest BCUT2D eigenvalue weighted by molar-refractivity contribution is 6.62. The number of fused-ring (bicyclic) bond motifs is 18. The minimum absolute atomic E-state index is 0. The number of pyridine rings is 2. The first-order chi connectivity index (χ1) is 62.2. The highest BCUT2D eigenvalue weighted by atomic mass is 16.7. The van der Waals surface area contributed by atoms with Gasteiger partial charge in [0.2, 0.25) is 0 Å². The minimum Gasteiger partial charge on any atom is -0.462 e. The number of cyclic esters (lactones) is 2. The van der Waals surface area contributed by atoms with Crippen LogP contribution >= 0.6 is 0 Å². The molecule has 3 N–H and O–H groups in total. The molecule has 10 heterocycles. The molecule has 6 aliphatic carbocycles. The van der Waals surface area contributed by atoms with Crippen molar-refractivity contribution in [3.05, 3.63) is 96.6 Å².